The Morgan fingerprint density at radius 1 is 1.26 bits per heavy atom. The monoisotopic (exact) mass is 262 g/mol. The zero-order valence-corrected chi connectivity index (χ0v) is 11.5. The number of aryl methyl sites for hydroxylation is 1. The largest absolute Gasteiger partial charge is 0.497 e. The van der Waals surface area contributed by atoms with Crippen molar-refractivity contribution in [2.45, 2.75) is 12.5 Å². The minimum absolute atomic E-state index is 0.552. The van der Waals surface area contributed by atoms with Crippen LogP contribution in [0.2, 0.25) is 0 Å². The first kappa shape index (κ1) is 13.4. The Kier molecular flexibility index (Phi) is 3.48. The third-order valence-corrected chi connectivity index (χ3v) is 3.19. The van der Waals surface area contributed by atoms with Gasteiger partial charge in [0.15, 0.2) is 0 Å². The summed E-state index contributed by atoms with van der Waals surface area (Å²) in [5.74, 6) is 1.79. The average Bonchev–Trinajstić information content (AvgIpc) is 2.84. The number of nitrogens with zero attached hydrogens (tertiary/aromatic N) is 2. The summed E-state index contributed by atoms with van der Waals surface area (Å²) in [6, 6.07) is 5.31. The molecule has 0 bridgehead atoms. The van der Waals surface area contributed by atoms with E-state index in [1.165, 1.54) is 0 Å². The van der Waals surface area contributed by atoms with E-state index in [1.54, 1.807) is 56.3 Å². The van der Waals surface area contributed by atoms with Crippen LogP contribution in [0.5, 0.6) is 11.5 Å². The third kappa shape index (κ3) is 2.29. The van der Waals surface area contributed by atoms with E-state index in [9.17, 15) is 5.11 Å². The van der Waals surface area contributed by atoms with Gasteiger partial charge in [-0.1, -0.05) is 0 Å². The molecule has 1 N–H and O–H groups in total. The van der Waals surface area contributed by atoms with Crippen molar-refractivity contribution in [2.24, 2.45) is 7.05 Å². The smallest absolute Gasteiger partial charge is 0.148 e. The van der Waals surface area contributed by atoms with Crippen molar-refractivity contribution in [1.82, 2.24) is 9.55 Å². The van der Waals surface area contributed by atoms with E-state index in [1.807, 2.05) is 7.05 Å². The van der Waals surface area contributed by atoms with Gasteiger partial charge in [-0.25, -0.2) is 4.98 Å². The highest BCUT2D eigenvalue weighted by Gasteiger charge is 2.32. The molecule has 1 heterocycles. The minimum Gasteiger partial charge on any atom is -0.497 e. The van der Waals surface area contributed by atoms with Crippen LogP contribution in [-0.2, 0) is 12.6 Å². The van der Waals surface area contributed by atoms with Gasteiger partial charge in [-0.3, -0.25) is 0 Å². The van der Waals surface area contributed by atoms with Gasteiger partial charge in [0.1, 0.15) is 22.9 Å². The second-order valence-corrected chi connectivity index (χ2v) is 4.50. The van der Waals surface area contributed by atoms with Gasteiger partial charge in [-0.2, -0.15) is 0 Å². The standard InChI is InChI=1S/C14H18N2O3/c1-14(17,13-15-7-8-16(13)2)11-6-5-10(18-3)9-12(11)19-4/h5-9,17H,1-4H3. The Morgan fingerprint density at radius 3 is 2.53 bits per heavy atom. The summed E-state index contributed by atoms with van der Waals surface area (Å²) < 4.78 is 12.3. The Balaban J connectivity index is 2.54. The fraction of sp³-hybridized carbons (Fsp3) is 0.357. The molecule has 1 unspecified atom stereocenters. The summed E-state index contributed by atoms with van der Waals surface area (Å²) in [6.07, 6.45) is 3.44. The number of hydrogen-bond acceptors (Lipinski definition) is 4. The van der Waals surface area contributed by atoms with Crippen LogP contribution in [0.15, 0.2) is 30.6 Å². The number of aromatic nitrogens is 2. The van der Waals surface area contributed by atoms with E-state index in [4.69, 9.17) is 9.47 Å². The molecule has 0 aliphatic carbocycles. The first-order valence-electron chi connectivity index (χ1n) is 5.93. The molecule has 0 radical (unpaired) electrons. The maximum Gasteiger partial charge on any atom is 0.148 e. The highest BCUT2D eigenvalue weighted by molar-refractivity contribution is 5.46. The maximum atomic E-state index is 10.8. The minimum atomic E-state index is -1.24. The van der Waals surface area contributed by atoms with Gasteiger partial charge in [0.25, 0.3) is 0 Å². The fourth-order valence-corrected chi connectivity index (χ4v) is 2.16. The summed E-state index contributed by atoms with van der Waals surface area (Å²) in [4.78, 5) is 4.21. The van der Waals surface area contributed by atoms with Crippen LogP contribution < -0.4 is 9.47 Å². The molecule has 0 spiro atoms. The van der Waals surface area contributed by atoms with Crippen molar-refractivity contribution in [2.75, 3.05) is 14.2 Å². The zero-order valence-electron chi connectivity index (χ0n) is 11.5. The first-order chi connectivity index (χ1) is 9.00. The summed E-state index contributed by atoms with van der Waals surface area (Å²) in [5.41, 5.74) is -0.597. The summed E-state index contributed by atoms with van der Waals surface area (Å²) in [7, 11) is 4.99. The summed E-state index contributed by atoms with van der Waals surface area (Å²) in [5, 5.41) is 10.8. The van der Waals surface area contributed by atoms with Crippen LogP contribution in [0.25, 0.3) is 0 Å². The van der Waals surface area contributed by atoms with Gasteiger partial charge >= 0.3 is 0 Å². The van der Waals surface area contributed by atoms with Crippen LogP contribution in [0.3, 0.4) is 0 Å². The normalized spacial score (nSPS) is 13.9. The highest BCUT2D eigenvalue weighted by atomic mass is 16.5. The summed E-state index contributed by atoms with van der Waals surface area (Å²) >= 11 is 0. The number of hydrogen-bond donors (Lipinski definition) is 1. The van der Waals surface area contributed by atoms with Gasteiger partial charge in [0, 0.05) is 31.1 Å². The number of rotatable bonds is 4. The predicted molar refractivity (Wildman–Crippen MR) is 71.4 cm³/mol. The quantitative estimate of drug-likeness (QED) is 0.911. The van der Waals surface area contributed by atoms with E-state index in [0.717, 1.165) is 0 Å². The van der Waals surface area contributed by atoms with Crippen LogP contribution in [0, 0.1) is 0 Å². The lowest BCUT2D eigenvalue weighted by Crippen LogP contribution is -2.27. The molecule has 0 fully saturated rings. The van der Waals surface area contributed by atoms with E-state index < -0.39 is 5.60 Å². The molecule has 1 atom stereocenters. The van der Waals surface area contributed by atoms with Gasteiger partial charge in [-0.05, 0) is 19.1 Å². The van der Waals surface area contributed by atoms with Crippen molar-refractivity contribution in [1.29, 1.82) is 0 Å². The van der Waals surface area contributed by atoms with Crippen LogP contribution >= 0.6 is 0 Å². The molecule has 102 valence electrons. The van der Waals surface area contributed by atoms with Gasteiger partial charge in [0.05, 0.1) is 14.2 Å². The Bertz CT molecular complexity index is 576. The topological polar surface area (TPSA) is 56.5 Å². The molecule has 0 aliphatic rings. The van der Waals surface area contributed by atoms with E-state index in [-0.39, 0.29) is 0 Å². The molecule has 0 aliphatic heterocycles. The number of ether oxygens (including phenoxy) is 2. The zero-order chi connectivity index (χ0) is 14.0. The Morgan fingerprint density at radius 2 is 2.00 bits per heavy atom. The molecule has 19 heavy (non-hydrogen) atoms. The average molecular weight is 262 g/mol. The lowest BCUT2D eigenvalue weighted by atomic mass is 9.94. The number of methoxy groups -OCH3 is 2. The first-order valence-corrected chi connectivity index (χ1v) is 5.93. The van der Waals surface area contributed by atoms with Crippen molar-refractivity contribution < 1.29 is 14.6 Å². The second kappa shape index (κ2) is 4.93. The highest BCUT2D eigenvalue weighted by Crippen LogP contribution is 2.36. The van der Waals surface area contributed by atoms with Crippen LogP contribution in [-0.4, -0.2) is 28.9 Å². The van der Waals surface area contributed by atoms with E-state index in [0.29, 0.717) is 22.9 Å². The van der Waals surface area contributed by atoms with Crippen molar-refractivity contribution in [3.05, 3.63) is 42.0 Å². The molecule has 1 aromatic carbocycles. The molecule has 0 saturated heterocycles. The molecule has 0 amide bonds. The summed E-state index contributed by atoms with van der Waals surface area (Å²) in [6.45, 7) is 1.69. The van der Waals surface area contributed by atoms with Gasteiger partial charge < -0.3 is 19.1 Å². The molecule has 2 rings (SSSR count). The van der Waals surface area contributed by atoms with Crippen molar-refractivity contribution >= 4 is 0 Å². The lowest BCUT2D eigenvalue weighted by Gasteiger charge is -2.25. The van der Waals surface area contributed by atoms with Crippen LogP contribution in [0.4, 0.5) is 0 Å². The fourth-order valence-electron chi connectivity index (χ4n) is 2.16. The lowest BCUT2D eigenvalue weighted by molar-refractivity contribution is 0.0861. The Hall–Kier alpha value is -2.01. The number of imidazole rings is 1. The molecule has 1 aromatic heterocycles. The van der Waals surface area contributed by atoms with Crippen LogP contribution in [0.1, 0.15) is 18.3 Å². The Labute approximate surface area is 112 Å². The van der Waals surface area contributed by atoms with Gasteiger partial charge in [-0.15, -0.1) is 0 Å². The van der Waals surface area contributed by atoms with E-state index in [2.05, 4.69) is 4.98 Å². The number of benzene rings is 1. The van der Waals surface area contributed by atoms with Gasteiger partial charge in [0.2, 0.25) is 0 Å². The molecule has 2 aromatic rings. The van der Waals surface area contributed by atoms with Crippen molar-refractivity contribution in [3.63, 3.8) is 0 Å². The third-order valence-electron chi connectivity index (χ3n) is 3.19. The number of aliphatic hydroxyl groups is 1. The second-order valence-electron chi connectivity index (χ2n) is 4.50. The molecule has 5 nitrogen and oxygen atoms in total. The maximum absolute atomic E-state index is 10.8. The predicted octanol–water partition coefficient (Wildman–Crippen LogP) is 1.69. The molecular formula is C14H18N2O3. The molecular weight excluding hydrogens is 244 g/mol. The van der Waals surface area contributed by atoms with E-state index >= 15 is 0 Å². The SMILES string of the molecule is COc1ccc(C(C)(O)c2nccn2C)c(OC)c1. The molecule has 0 saturated carbocycles. The van der Waals surface area contributed by atoms with Crippen molar-refractivity contribution in [3.8, 4) is 11.5 Å². The molecule has 5 heteroatoms.